The van der Waals surface area contributed by atoms with Crippen molar-refractivity contribution in [2.75, 3.05) is 0 Å². The third kappa shape index (κ3) is 1.70. The Hall–Kier alpha value is -2.44. The summed E-state index contributed by atoms with van der Waals surface area (Å²) in [5.41, 5.74) is 4.90. The highest BCUT2D eigenvalue weighted by molar-refractivity contribution is 5.91. The van der Waals surface area contributed by atoms with Crippen molar-refractivity contribution < 1.29 is 14.3 Å². The van der Waals surface area contributed by atoms with Crippen LogP contribution in [0.4, 0.5) is 4.39 Å². The molecule has 0 aliphatic rings. The number of carbonyl (C=O) groups is 1. The van der Waals surface area contributed by atoms with Crippen LogP contribution in [0.25, 0.3) is 5.82 Å². The standard InChI is InChI=1S/C9H7FN4O2/c10-5-1-2-7(12-4-5)14-8(15)3-6(13-14)9(11)16/h1-4,15H,(H2,11,16). The van der Waals surface area contributed by atoms with Crippen LogP contribution >= 0.6 is 0 Å². The largest absolute Gasteiger partial charge is 0.493 e. The van der Waals surface area contributed by atoms with Gasteiger partial charge in [0.1, 0.15) is 5.82 Å². The van der Waals surface area contributed by atoms with Gasteiger partial charge in [-0.3, -0.25) is 4.79 Å². The topological polar surface area (TPSA) is 94.0 Å². The van der Waals surface area contributed by atoms with Crippen molar-refractivity contribution in [1.82, 2.24) is 14.8 Å². The van der Waals surface area contributed by atoms with Crippen molar-refractivity contribution >= 4 is 5.91 Å². The van der Waals surface area contributed by atoms with E-state index in [0.29, 0.717) is 0 Å². The molecule has 0 aromatic carbocycles. The lowest BCUT2D eigenvalue weighted by molar-refractivity contribution is 0.0995. The van der Waals surface area contributed by atoms with Crippen molar-refractivity contribution in [1.29, 1.82) is 0 Å². The van der Waals surface area contributed by atoms with E-state index in [2.05, 4.69) is 10.1 Å². The fourth-order valence-corrected chi connectivity index (χ4v) is 1.15. The molecule has 2 aromatic heterocycles. The van der Waals surface area contributed by atoms with Crippen LogP contribution in [0.3, 0.4) is 0 Å². The SMILES string of the molecule is NC(=O)c1cc(O)n(-c2ccc(F)cn2)n1. The Morgan fingerprint density at radius 3 is 2.75 bits per heavy atom. The van der Waals surface area contributed by atoms with Crippen LogP contribution in [0.1, 0.15) is 10.5 Å². The molecule has 0 aliphatic carbocycles. The van der Waals surface area contributed by atoms with Gasteiger partial charge in [-0.05, 0) is 12.1 Å². The Bertz CT molecular complexity index is 535. The van der Waals surface area contributed by atoms with Gasteiger partial charge in [0.05, 0.1) is 6.20 Å². The molecule has 16 heavy (non-hydrogen) atoms. The molecule has 2 aromatic rings. The molecular weight excluding hydrogens is 215 g/mol. The molecule has 3 N–H and O–H groups in total. The third-order valence-electron chi connectivity index (χ3n) is 1.87. The summed E-state index contributed by atoms with van der Waals surface area (Å²) in [6.45, 7) is 0. The highest BCUT2D eigenvalue weighted by Gasteiger charge is 2.12. The number of amides is 1. The lowest BCUT2D eigenvalue weighted by Crippen LogP contribution is -2.12. The maximum Gasteiger partial charge on any atom is 0.269 e. The predicted octanol–water partition coefficient (Wildman–Crippen LogP) is 0.211. The second-order valence-corrected chi connectivity index (χ2v) is 3.00. The van der Waals surface area contributed by atoms with Crippen LogP contribution < -0.4 is 5.73 Å². The minimum atomic E-state index is -0.767. The number of hydrogen-bond donors (Lipinski definition) is 2. The first-order valence-corrected chi connectivity index (χ1v) is 4.28. The van der Waals surface area contributed by atoms with Gasteiger partial charge in [-0.1, -0.05) is 0 Å². The van der Waals surface area contributed by atoms with Crippen LogP contribution in [0, 0.1) is 5.82 Å². The van der Waals surface area contributed by atoms with E-state index < -0.39 is 11.7 Å². The summed E-state index contributed by atoms with van der Waals surface area (Å²) in [5, 5.41) is 13.2. The summed E-state index contributed by atoms with van der Waals surface area (Å²) in [6.07, 6.45) is 0.973. The van der Waals surface area contributed by atoms with Crippen molar-refractivity contribution in [3.63, 3.8) is 0 Å². The molecule has 1 amide bonds. The maximum atomic E-state index is 12.6. The summed E-state index contributed by atoms with van der Waals surface area (Å²) in [5.74, 6) is -1.39. The van der Waals surface area contributed by atoms with Gasteiger partial charge in [-0.2, -0.15) is 9.78 Å². The molecule has 0 radical (unpaired) electrons. The Morgan fingerprint density at radius 1 is 1.50 bits per heavy atom. The van der Waals surface area contributed by atoms with E-state index in [9.17, 15) is 14.3 Å². The molecule has 2 rings (SSSR count). The van der Waals surface area contributed by atoms with E-state index in [1.54, 1.807) is 0 Å². The zero-order valence-corrected chi connectivity index (χ0v) is 7.96. The number of halogens is 1. The van der Waals surface area contributed by atoms with E-state index in [1.807, 2.05) is 0 Å². The molecule has 6 nitrogen and oxygen atoms in total. The number of aromatic nitrogens is 3. The van der Waals surface area contributed by atoms with Crippen molar-refractivity contribution in [3.05, 3.63) is 35.9 Å². The number of hydrogen-bond acceptors (Lipinski definition) is 4. The molecule has 0 aliphatic heterocycles. The summed E-state index contributed by atoms with van der Waals surface area (Å²) >= 11 is 0. The molecule has 0 saturated carbocycles. The summed E-state index contributed by atoms with van der Waals surface area (Å²) < 4.78 is 13.6. The Labute approximate surface area is 89.1 Å². The highest BCUT2D eigenvalue weighted by Crippen LogP contribution is 2.16. The van der Waals surface area contributed by atoms with Gasteiger partial charge in [0, 0.05) is 6.07 Å². The highest BCUT2D eigenvalue weighted by atomic mass is 19.1. The van der Waals surface area contributed by atoms with E-state index in [0.717, 1.165) is 23.0 Å². The molecule has 2 heterocycles. The van der Waals surface area contributed by atoms with E-state index in [-0.39, 0.29) is 17.4 Å². The van der Waals surface area contributed by atoms with E-state index >= 15 is 0 Å². The molecular formula is C9H7FN4O2. The number of pyridine rings is 1. The van der Waals surface area contributed by atoms with Gasteiger partial charge in [0.15, 0.2) is 11.5 Å². The average molecular weight is 222 g/mol. The normalized spacial score (nSPS) is 10.3. The summed E-state index contributed by atoms with van der Waals surface area (Å²) in [6, 6.07) is 3.58. The smallest absolute Gasteiger partial charge is 0.269 e. The first-order valence-electron chi connectivity index (χ1n) is 4.28. The summed E-state index contributed by atoms with van der Waals surface area (Å²) in [7, 11) is 0. The number of nitrogens with two attached hydrogens (primary N) is 1. The Morgan fingerprint density at radius 2 is 2.25 bits per heavy atom. The second-order valence-electron chi connectivity index (χ2n) is 3.00. The fourth-order valence-electron chi connectivity index (χ4n) is 1.15. The van der Waals surface area contributed by atoms with E-state index in [1.165, 1.54) is 6.07 Å². The number of carbonyl (C=O) groups excluding carboxylic acids is 1. The second kappa shape index (κ2) is 3.61. The van der Waals surface area contributed by atoms with Gasteiger partial charge in [0.25, 0.3) is 5.91 Å². The monoisotopic (exact) mass is 222 g/mol. The van der Waals surface area contributed by atoms with Crippen LogP contribution in [-0.2, 0) is 0 Å². The number of aromatic hydroxyl groups is 1. The molecule has 7 heteroatoms. The molecule has 0 atom stereocenters. The predicted molar refractivity (Wildman–Crippen MR) is 51.5 cm³/mol. The lowest BCUT2D eigenvalue weighted by Gasteiger charge is -2.00. The lowest BCUT2D eigenvalue weighted by atomic mass is 10.4. The molecule has 0 saturated heterocycles. The van der Waals surface area contributed by atoms with Crippen molar-refractivity contribution in [2.24, 2.45) is 5.73 Å². The van der Waals surface area contributed by atoms with Crippen LogP contribution in [0.2, 0.25) is 0 Å². The van der Waals surface area contributed by atoms with Crippen LogP contribution in [0.5, 0.6) is 5.88 Å². The number of primary amides is 1. The molecule has 0 bridgehead atoms. The molecule has 82 valence electrons. The van der Waals surface area contributed by atoms with E-state index in [4.69, 9.17) is 5.73 Å². The van der Waals surface area contributed by atoms with Gasteiger partial charge < -0.3 is 10.8 Å². The maximum absolute atomic E-state index is 12.6. The number of rotatable bonds is 2. The van der Waals surface area contributed by atoms with Gasteiger partial charge >= 0.3 is 0 Å². The van der Waals surface area contributed by atoms with Crippen LogP contribution in [-0.4, -0.2) is 25.8 Å². The van der Waals surface area contributed by atoms with Gasteiger partial charge in [-0.25, -0.2) is 9.37 Å². The molecule has 0 spiro atoms. The van der Waals surface area contributed by atoms with Crippen LogP contribution in [0.15, 0.2) is 24.4 Å². The molecule has 0 unspecified atom stereocenters. The first-order chi connectivity index (χ1) is 7.58. The first kappa shape index (κ1) is 10.1. The summed E-state index contributed by atoms with van der Waals surface area (Å²) in [4.78, 5) is 14.5. The minimum absolute atomic E-state index is 0.0939. The fraction of sp³-hybridized carbons (Fsp3) is 0. The Balaban J connectivity index is 2.47. The van der Waals surface area contributed by atoms with Crippen molar-refractivity contribution in [3.8, 4) is 11.7 Å². The minimum Gasteiger partial charge on any atom is -0.493 e. The van der Waals surface area contributed by atoms with Gasteiger partial charge in [-0.15, -0.1) is 0 Å². The Kier molecular flexibility index (Phi) is 2.28. The van der Waals surface area contributed by atoms with Gasteiger partial charge in [0.2, 0.25) is 5.88 Å². The zero-order valence-electron chi connectivity index (χ0n) is 7.96. The quantitative estimate of drug-likeness (QED) is 0.759. The average Bonchev–Trinajstić information content (AvgIpc) is 2.62. The number of nitrogens with zero attached hydrogens (tertiary/aromatic N) is 3. The third-order valence-corrected chi connectivity index (χ3v) is 1.87. The molecule has 0 fully saturated rings. The van der Waals surface area contributed by atoms with Crippen molar-refractivity contribution in [2.45, 2.75) is 0 Å². The zero-order chi connectivity index (χ0) is 11.7.